The molecule has 10 heavy (non-hydrogen) atoms. The van der Waals surface area contributed by atoms with Gasteiger partial charge in [-0.25, -0.2) is 0 Å². The Morgan fingerprint density at radius 3 is 2.70 bits per heavy atom. The minimum Gasteiger partial charge on any atom is -0.263 e. The Morgan fingerprint density at radius 1 is 1.60 bits per heavy atom. The van der Waals surface area contributed by atoms with Crippen molar-refractivity contribution in [3.05, 3.63) is 10.8 Å². The molecule has 0 bridgehead atoms. The Morgan fingerprint density at radius 2 is 2.30 bits per heavy atom. The highest BCUT2D eigenvalue weighted by atomic mass is 32.3. The molecular formula is C3H4O4S3. The van der Waals surface area contributed by atoms with Gasteiger partial charge in [0, 0.05) is 4.70 Å². The smallest absolute Gasteiger partial charge is 0.263 e. The average molecular weight is 200 g/mol. The SMILES string of the molecule is O=S(=O)(O)OS1=CSC=C1. The first kappa shape index (κ1) is 8.28. The molecule has 4 nitrogen and oxygen atoms in total. The molecule has 0 fully saturated rings. The van der Waals surface area contributed by atoms with E-state index in [0.29, 0.717) is 0 Å². The van der Waals surface area contributed by atoms with Gasteiger partial charge in [-0.3, -0.25) is 4.55 Å². The van der Waals surface area contributed by atoms with Crippen LogP contribution in [0.3, 0.4) is 0 Å². The Kier molecular flexibility index (Phi) is 2.53. The topological polar surface area (TPSA) is 63.6 Å². The molecule has 0 spiro atoms. The molecule has 0 aliphatic carbocycles. The van der Waals surface area contributed by atoms with Crippen LogP contribution in [0, 0.1) is 0 Å². The fourth-order valence-electron chi connectivity index (χ4n) is 0.344. The summed E-state index contributed by atoms with van der Waals surface area (Å²) in [5.41, 5.74) is 0. The van der Waals surface area contributed by atoms with Crippen molar-refractivity contribution in [3.63, 3.8) is 0 Å². The van der Waals surface area contributed by atoms with Crippen molar-refractivity contribution in [1.82, 2.24) is 0 Å². The van der Waals surface area contributed by atoms with Gasteiger partial charge >= 0.3 is 10.4 Å². The zero-order valence-electron chi connectivity index (χ0n) is 4.63. The summed E-state index contributed by atoms with van der Waals surface area (Å²) < 4.78 is 34.1. The van der Waals surface area contributed by atoms with E-state index >= 15 is 0 Å². The number of rotatable bonds is 2. The summed E-state index contributed by atoms with van der Waals surface area (Å²) in [6.07, 6.45) is 0. The van der Waals surface area contributed by atoms with Crippen LogP contribution in [0.4, 0.5) is 0 Å². The first-order valence-corrected chi connectivity index (χ1v) is 5.71. The number of hydrogen-bond acceptors (Lipinski definition) is 4. The third kappa shape index (κ3) is 2.84. The largest absolute Gasteiger partial charge is 0.408 e. The summed E-state index contributed by atoms with van der Waals surface area (Å²) in [5.74, 6) is 0. The Bertz CT molecular complexity index is 274. The lowest BCUT2D eigenvalue weighted by molar-refractivity contribution is 0.408. The van der Waals surface area contributed by atoms with Gasteiger partial charge in [0.2, 0.25) is 0 Å². The molecule has 1 N–H and O–H groups in total. The van der Waals surface area contributed by atoms with Crippen LogP contribution in [-0.2, 0) is 14.0 Å². The van der Waals surface area contributed by atoms with Gasteiger partial charge in [-0.2, -0.15) is 12.0 Å². The minimum atomic E-state index is -4.29. The van der Waals surface area contributed by atoms with Crippen molar-refractivity contribution >= 4 is 37.6 Å². The summed E-state index contributed by atoms with van der Waals surface area (Å²) in [4.78, 5) is 0. The summed E-state index contributed by atoms with van der Waals surface area (Å²) in [6, 6.07) is 0. The van der Waals surface area contributed by atoms with E-state index in [2.05, 4.69) is 3.63 Å². The normalized spacial score (nSPS) is 24.7. The highest BCUT2D eigenvalue weighted by molar-refractivity contribution is 8.36. The molecule has 1 heterocycles. The van der Waals surface area contributed by atoms with Crippen molar-refractivity contribution in [3.8, 4) is 0 Å². The first-order chi connectivity index (χ1) is 4.58. The van der Waals surface area contributed by atoms with Crippen LogP contribution in [0.1, 0.15) is 0 Å². The van der Waals surface area contributed by atoms with E-state index in [1.54, 1.807) is 15.5 Å². The maximum absolute atomic E-state index is 10.1. The Balaban J connectivity index is 2.63. The molecule has 7 heteroatoms. The number of thioether (sulfide) groups is 1. The van der Waals surface area contributed by atoms with Gasteiger partial charge in [-0.1, -0.05) is 11.8 Å². The predicted molar refractivity (Wildman–Crippen MR) is 43.0 cm³/mol. The standard InChI is InChI=1S/C3H4O4S3/c4-10(5,6)7-9-2-1-8-3-9/h1-3H,(H,4,5,6). The third-order valence-corrected chi connectivity index (χ3v) is 3.97. The van der Waals surface area contributed by atoms with E-state index in [4.69, 9.17) is 4.55 Å². The van der Waals surface area contributed by atoms with Gasteiger partial charge in [0.1, 0.15) is 0 Å². The van der Waals surface area contributed by atoms with Crippen LogP contribution < -0.4 is 0 Å². The Labute approximate surface area is 65.4 Å². The number of hydrogen-bond donors (Lipinski definition) is 1. The molecule has 0 saturated carbocycles. The quantitative estimate of drug-likeness (QED) is 0.531. The van der Waals surface area contributed by atoms with E-state index in [0.717, 1.165) is 0 Å². The molecule has 1 unspecified atom stereocenters. The molecule has 1 atom stereocenters. The van der Waals surface area contributed by atoms with E-state index < -0.39 is 21.2 Å². The van der Waals surface area contributed by atoms with E-state index in [-0.39, 0.29) is 0 Å². The van der Waals surface area contributed by atoms with E-state index in [9.17, 15) is 8.42 Å². The average Bonchev–Trinajstić information content (AvgIpc) is 2.12. The second kappa shape index (κ2) is 3.05. The molecule has 0 amide bonds. The maximum Gasteiger partial charge on any atom is 0.408 e. The van der Waals surface area contributed by atoms with Gasteiger partial charge < -0.3 is 0 Å². The highest BCUT2D eigenvalue weighted by Gasteiger charge is 2.07. The lowest BCUT2D eigenvalue weighted by Gasteiger charge is -1.95. The van der Waals surface area contributed by atoms with Gasteiger partial charge in [0.15, 0.2) is 0 Å². The summed E-state index contributed by atoms with van der Waals surface area (Å²) in [6.45, 7) is 0. The van der Waals surface area contributed by atoms with E-state index in [1.807, 2.05) is 0 Å². The predicted octanol–water partition coefficient (Wildman–Crippen LogP) is 0.967. The molecule has 0 saturated heterocycles. The van der Waals surface area contributed by atoms with Gasteiger partial charge in [-0.15, -0.1) is 0 Å². The van der Waals surface area contributed by atoms with Crippen molar-refractivity contribution in [2.75, 3.05) is 0 Å². The fourth-order valence-corrected chi connectivity index (χ4v) is 3.38. The Hall–Kier alpha value is 0.180. The van der Waals surface area contributed by atoms with Crippen LogP contribution in [0.25, 0.3) is 0 Å². The molecule has 0 radical (unpaired) electrons. The van der Waals surface area contributed by atoms with Crippen molar-refractivity contribution in [2.24, 2.45) is 0 Å². The molecule has 58 valence electrons. The molecular weight excluding hydrogens is 196 g/mol. The van der Waals surface area contributed by atoms with Crippen molar-refractivity contribution < 1.29 is 16.6 Å². The lowest BCUT2D eigenvalue weighted by Crippen LogP contribution is -1.96. The summed E-state index contributed by atoms with van der Waals surface area (Å²) >= 11 is 1.33. The molecule has 1 aliphatic rings. The van der Waals surface area contributed by atoms with Crippen LogP contribution in [-0.4, -0.2) is 17.7 Å². The van der Waals surface area contributed by atoms with Crippen LogP contribution in [0.2, 0.25) is 0 Å². The summed E-state index contributed by atoms with van der Waals surface area (Å²) in [7, 11) is -5.17. The molecule has 1 aliphatic heterocycles. The van der Waals surface area contributed by atoms with Crippen molar-refractivity contribution in [1.29, 1.82) is 0 Å². The van der Waals surface area contributed by atoms with Crippen LogP contribution >= 0.6 is 22.5 Å². The zero-order chi connectivity index (χ0) is 7.61. The van der Waals surface area contributed by atoms with Crippen LogP contribution in [0.15, 0.2) is 10.8 Å². The highest BCUT2D eigenvalue weighted by Crippen LogP contribution is 2.28. The van der Waals surface area contributed by atoms with Crippen molar-refractivity contribution in [2.45, 2.75) is 0 Å². The monoisotopic (exact) mass is 200 g/mol. The third-order valence-electron chi connectivity index (χ3n) is 0.583. The van der Waals surface area contributed by atoms with Gasteiger partial charge in [0.05, 0.1) is 0 Å². The van der Waals surface area contributed by atoms with E-state index in [1.165, 1.54) is 11.8 Å². The minimum absolute atomic E-state index is 0.877. The molecule has 1 rings (SSSR count). The second-order valence-electron chi connectivity index (χ2n) is 1.33. The first-order valence-electron chi connectivity index (χ1n) is 2.13. The van der Waals surface area contributed by atoms with Gasteiger partial charge in [0.25, 0.3) is 0 Å². The van der Waals surface area contributed by atoms with Crippen LogP contribution in [0.5, 0.6) is 0 Å². The molecule has 0 aromatic carbocycles. The lowest BCUT2D eigenvalue weighted by atomic mass is 11.3. The zero-order valence-corrected chi connectivity index (χ0v) is 7.08. The summed E-state index contributed by atoms with van der Waals surface area (Å²) in [5, 5.41) is 3.24. The molecule has 0 aromatic rings. The van der Waals surface area contributed by atoms with Gasteiger partial charge in [-0.05, 0) is 21.6 Å². The molecule has 0 aromatic heterocycles. The second-order valence-corrected chi connectivity index (χ2v) is 4.97. The fraction of sp³-hybridized carbons (Fsp3) is 0. The maximum atomic E-state index is 10.1.